The Labute approximate surface area is 542 Å². The number of carbonyl (C=O) groups is 2. The summed E-state index contributed by atoms with van der Waals surface area (Å²) in [6.07, 6.45) is 114. The number of esters is 2. The van der Waals surface area contributed by atoms with Crippen LogP contribution in [-0.4, -0.2) is 49.3 Å². The van der Waals surface area contributed by atoms with Gasteiger partial charge in [-0.15, -0.1) is 0 Å². The van der Waals surface area contributed by atoms with Crippen molar-refractivity contribution in [3.05, 3.63) is 243 Å². The Kier molecular flexibility index (Phi) is 66.0. The van der Waals surface area contributed by atoms with Crippen molar-refractivity contribution in [2.45, 2.75) is 213 Å². The largest absolute Gasteiger partial charge is 0.472 e. The number of hydrogen-bond donors (Lipinski definition) is 2. The Balaban J connectivity index is 4.17. The normalized spacial score (nSPS) is 14.5. The second-order valence-corrected chi connectivity index (χ2v) is 22.3. The van der Waals surface area contributed by atoms with E-state index in [1.54, 1.807) is 0 Å². The molecule has 0 aromatic rings. The molecule has 2 atom stereocenters. The van der Waals surface area contributed by atoms with Gasteiger partial charge in [-0.1, -0.05) is 270 Å². The van der Waals surface area contributed by atoms with Gasteiger partial charge in [0.05, 0.1) is 13.2 Å². The molecule has 0 aromatic carbocycles. The minimum Gasteiger partial charge on any atom is -0.462 e. The van der Waals surface area contributed by atoms with Gasteiger partial charge in [0.25, 0.3) is 0 Å². The molecular formula is C79H118NO8P. The number of unbranched alkanes of at least 4 members (excludes halogenated alkanes) is 6. The molecule has 0 radical (unpaired) electrons. The van der Waals surface area contributed by atoms with Crippen LogP contribution < -0.4 is 5.73 Å². The van der Waals surface area contributed by atoms with Crippen LogP contribution in [0.2, 0.25) is 0 Å². The molecule has 3 N–H and O–H groups in total. The molecule has 0 saturated heterocycles. The number of rotatable bonds is 59. The van der Waals surface area contributed by atoms with Gasteiger partial charge >= 0.3 is 19.8 Å². The molecule has 0 saturated carbocycles. The highest BCUT2D eigenvalue weighted by Gasteiger charge is 2.26. The molecule has 0 rings (SSSR count). The maximum absolute atomic E-state index is 12.7. The van der Waals surface area contributed by atoms with Crippen molar-refractivity contribution in [2.24, 2.45) is 5.73 Å². The third-order valence-electron chi connectivity index (χ3n) is 12.7. The predicted molar refractivity (Wildman–Crippen MR) is 384 cm³/mol. The van der Waals surface area contributed by atoms with Gasteiger partial charge in [0.2, 0.25) is 0 Å². The monoisotopic (exact) mass is 1240 g/mol. The lowest BCUT2D eigenvalue weighted by molar-refractivity contribution is -0.161. The summed E-state index contributed by atoms with van der Waals surface area (Å²) in [4.78, 5) is 35.3. The minimum atomic E-state index is -4.43. The van der Waals surface area contributed by atoms with Crippen molar-refractivity contribution in [2.75, 3.05) is 26.4 Å². The first kappa shape index (κ1) is 82.8. The van der Waals surface area contributed by atoms with Crippen molar-refractivity contribution in [3.8, 4) is 0 Å². The number of allylic oxidation sites excluding steroid dienone is 40. The van der Waals surface area contributed by atoms with E-state index in [9.17, 15) is 19.0 Å². The fraction of sp³-hybridized carbons (Fsp3) is 0.468. The number of phosphoric ester groups is 1. The number of carbonyl (C=O) groups excluding carboxylic acids is 2. The lowest BCUT2D eigenvalue weighted by Gasteiger charge is -2.19. The van der Waals surface area contributed by atoms with Crippen molar-refractivity contribution >= 4 is 19.8 Å². The molecule has 0 spiro atoms. The molecule has 0 bridgehead atoms. The van der Waals surface area contributed by atoms with Gasteiger partial charge in [-0.05, 0) is 167 Å². The van der Waals surface area contributed by atoms with E-state index in [2.05, 4.69) is 257 Å². The highest BCUT2D eigenvalue weighted by Crippen LogP contribution is 2.43. The number of ether oxygens (including phenoxy) is 2. The van der Waals surface area contributed by atoms with Crippen LogP contribution in [0.25, 0.3) is 0 Å². The molecule has 9 nitrogen and oxygen atoms in total. The van der Waals surface area contributed by atoms with E-state index in [1.807, 2.05) is 0 Å². The van der Waals surface area contributed by atoms with Crippen LogP contribution in [0.3, 0.4) is 0 Å². The fourth-order valence-corrected chi connectivity index (χ4v) is 8.63. The van der Waals surface area contributed by atoms with E-state index < -0.39 is 32.5 Å². The Morgan fingerprint density at radius 3 is 0.876 bits per heavy atom. The lowest BCUT2D eigenvalue weighted by Crippen LogP contribution is -2.29. The second-order valence-electron chi connectivity index (χ2n) is 20.9. The van der Waals surface area contributed by atoms with Crippen LogP contribution in [0.15, 0.2) is 243 Å². The average Bonchev–Trinajstić information content (AvgIpc) is 3.68. The van der Waals surface area contributed by atoms with Gasteiger partial charge in [-0.25, -0.2) is 4.57 Å². The van der Waals surface area contributed by atoms with Crippen LogP contribution in [-0.2, 0) is 32.7 Å². The molecular weight excluding hydrogens is 1120 g/mol. The molecule has 0 aliphatic rings. The molecule has 89 heavy (non-hydrogen) atoms. The average molecular weight is 1240 g/mol. The maximum atomic E-state index is 12.7. The first-order valence-electron chi connectivity index (χ1n) is 33.5. The smallest absolute Gasteiger partial charge is 0.462 e. The topological polar surface area (TPSA) is 134 Å². The third kappa shape index (κ3) is 70.8. The zero-order chi connectivity index (χ0) is 64.4. The minimum absolute atomic E-state index is 0.0277. The van der Waals surface area contributed by atoms with Crippen LogP contribution >= 0.6 is 7.82 Å². The predicted octanol–water partition coefficient (Wildman–Crippen LogP) is 22.4. The summed E-state index contributed by atoms with van der Waals surface area (Å²) in [6, 6.07) is 0. The molecule has 0 aromatic heterocycles. The molecule has 492 valence electrons. The van der Waals surface area contributed by atoms with Crippen LogP contribution in [0.4, 0.5) is 0 Å². The van der Waals surface area contributed by atoms with Crippen molar-refractivity contribution in [1.82, 2.24) is 0 Å². The zero-order valence-electron chi connectivity index (χ0n) is 55.0. The zero-order valence-corrected chi connectivity index (χ0v) is 55.9. The Morgan fingerprint density at radius 2 is 0.584 bits per heavy atom. The first-order chi connectivity index (χ1) is 43.8. The summed E-state index contributed by atoms with van der Waals surface area (Å²) in [5, 5.41) is 0. The Hall–Kier alpha value is -6.19. The first-order valence-corrected chi connectivity index (χ1v) is 35.0. The summed E-state index contributed by atoms with van der Waals surface area (Å²) < 4.78 is 33.0. The van der Waals surface area contributed by atoms with Gasteiger partial charge in [0, 0.05) is 19.4 Å². The van der Waals surface area contributed by atoms with Gasteiger partial charge < -0.3 is 20.1 Å². The fourth-order valence-electron chi connectivity index (χ4n) is 7.87. The molecule has 0 aliphatic heterocycles. The van der Waals surface area contributed by atoms with Crippen LogP contribution in [0, 0.1) is 0 Å². The quantitative estimate of drug-likeness (QED) is 0.0264. The van der Waals surface area contributed by atoms with E-state index >= 15 is 0 Å². The van der Waals surface area contributed by atoms with E-state index in [0.717, 1.165) is 167 Å². The summed E-state index contributed by atoms with van der Waals surface area (Å²) >= 11 is 0. The molecule has 0 heterocycles. The second kappa shape index (κ2) is 70.9. The molecule has 0 fully saturated rings. The van der Waals surface area contributed by atoms with Crippen molar-refractivity contribution in [3.63, 3.8) is 0 Å². The van der Waals surface area contributed by atoms with Crippen molar-refractivity contribution < 1.29 is 37.6 Å². The maximum Gasteiger partial charge on any atom is 0.472 e. The van der Waals surface area contributed by atoms with Crippen LogP contribution in [0.5, 0.6) is 0 Å². The summed E-state index contributed by atoms with van der Waals surface area (Å²) in [6.45, 7) is 3.39. The van der Waals surface area contributed by atoms with E-state index in [0.29, 0.717) is 12.8 Å². The van der Waals surface area contributed by atoms with Gasteiger partial charge in [0.1, 0.15) is 6.61 Å². The summed E-state index contributed by atoms with van der Waals surface area (Å²) in [7, 11) is -4.43. The van der Waals surface area contributed by atoms with E-state index in [1.165, 1.54) is 0 Å². The lowest BCUT2D eigenvalue weighted by atomic mass is 10.1. The molecule has 2 unspecified atom stereocenters. The van der Waals surface area contributed by atoms with E-state index in [-0.39, 0.29) is 32.6 Å². The summed E-state index contributed by atoms with van der Waals surface area (Å²) in [5.74, 6) is -0.932. The molecule has 0 aliphatic carbocycles. The standard InChI is InChI=1S/C79H118NO8P/c1-3-5-7-9-11-13-15-17-19-21-23-25-27-29-31-33-34-35-36-37-38-39-40-41-42-44-46-48-50-52-54-56-58-60-62-64-66-68-70-72-79(82)88-77(76-87-89(83,84)86-74-73-80)75-85-78(81)71-69-67-65-63-61-59-57-55-53-51-49-47-45-43-32-30-28-26-24-22-20-18-16-14-12-10-8-6-4-2/h5-8,11-14,17-20,23-26,29-32,34-35,37-38,40-41,44-47,50-53,56-59,62,64,77H,3-4,9-10,15-16,21-22,27-28,33,36,39,42-43,48-49,54-55,60-61,63,65-76,80H2,1-2H3,(H,83,84)/b7-5-,8-6-,13-11-,14-12-,19-17-,20-18-,25-23-,26-24-,31-29-,32-30-,35-34-,38-37-,41-40-,46-44-,47-45-,52-50-,53-51-,58-56-,59-57-,64-62-. The van der Waals surface area contributed by atoms with Crippen molar-refractivity contribution in [1.29, 1.82) is 0 Å². The highest BCUT2D eigenvalue weighted by molar-refractivity contribution is 7.47. The van der Waals surface area contributed by atoms with Gasteiger partial charge in [0.15, 0.2) is 6.10 Å². The van der Waals surface area contributed by atoms with Gasteiger partial charge in [-0.2, -0.15) is 0 Å². The highest BCUT2D eigenvalue weighted by atomic mass is 31.2. The van der Waals surface area contributed by atoms with E-state index in [4.69, 9.17) is 24.3 Å². The third-order valence-corrected chi connectivity index (χ3v) is 13.7. The SMILES string of the molecule is CC/C=C\C/C=C\C/C=C\C/C=C\C/C=C\C/C=C\C/C=C\C/C=C\C/C=C\C/C=C\C/C=C\C/C=C\CCCCC(=O)OC(COC(=O)CCCCCC/C=C\C/C=C\C/C=C\C/C=C\C/C=C\C/C=C\C/C=C\C/C=C\CC)COP(=O)(O)OCCN. The number of nitrogens with two attached hydrogens (primary N) is 1. The number of hydrogen-bond acceptors (Lipinski definition) is 8. The molecule has 0 amide bonds. The van der Waals surface area contributed by atoms with Crippen LogP contribution in [0.1, 0.15) is 206 Å². The Morgan fingerprint density at radius 1 is 0.337 bits per heavy atom. The van der Waals surface area contributed by atoms with Gasteiger partial charge in [-0.3, -0.25) is 18.6 Å². The summed E-state index contributed by atoms with van der Waals surface area (Å²) in [5.41, 5.74) is 5.39. The Bertz CT molecular complexity index is 2360. The number of phosphoric acid groups is 1. The molecule has 10 heteroatoms.